The van der Waals surface area contributed by atoms with Crippen LogP contribution in [0.4, 0.5) is 26.3 Å². The molecule has 0 amide bonds. The van der Waals surface area contributed by atoms with E-state index in [4.69, 9.17) is 9.47 Å². The van der Waals surface area contributed by atoms with Crippen LogP contribution in [-0.4, -0.2) is 32.5 Å². The molecule has 2 rings (SSSR count). The molecule has 29 heavy (non-hydrogen) atoms. The lowest BCUT2D eigenvalue weighted by Crippen LogP contribution is -2.49. The van der Waals surface area contributed by atoms with Gasteiger partial charge in [-0.05, 0) is 12.1 Å². The number of rotatable bonds is 5. The molecule has 0 heterocycles. The van der Waals surface area contributed by atoms with Crippen molar-refractivity contribution in [3.63, 3.8) is 0 Å². The van der Waals surface area contributed by atoms with E-state index in [1.807, 2.05) is 0 Å². The van der Waals surface area contributed by atoms with Crippen LogP contribution in [0.2, 0.25) is 0 Å². The summed E-state index contributed by atoms with van der Waals surface area (Å²) in [6.07, 6.45) is -9.91. The van der Waals surface area contributed by atoms with Crippen molar-refractivity contribution in [3.05, 3.63) is 60.1 Å². The zero-order chi connectivity index (χ0) is 21.9. The normalized spacial score (nSPS) is 16.8. The van der Waals surface area contributed by atoms with Crippen molar-refractivity contribution in [2.45, 2.75) is 18.8 Å². The van der Waals surface area contributed by atoms with E-state index in [0.29, 0.717) is 6.08 Å². The third-order valence-electron chi connectivity index (χ3n) is 4.19. The number of esters is 1. The van der Waals surface area contributed by atoms with E-state index in [-0.39, 0.29) is 23.0 Å². The number of ether oxygens (including phenoxy) is 3. The van der Waals surface area contributed by atoms with Crippen molar-refractivity contribution in [1.82, 2.24) is 0 Å². The number of hydrogen-bond acceptors (Lipinski definition) is 4. The Morgan fingerprint density at radius 2 is 1.69 bits per heavy atom. The molecule has 0 aromatic heterocycles. The van der Waals surface area contributed by atoms with Gasteiger partial charge in [-0.15, -0.1) is 0 Å². The van der Waals surface area contributed by atoms with Gasteiger partial charge in [0.1, 0.15) is 17.1 Å². The number of para-hydroxylation sites is 1. The molecule has 1 aliphatic rings. The molecule has 0 fully saturated rings. The van der Waals surface area contributed by atoms with Gasteiger partial charge in [0.15, 0.2) is 5.41 Å². The summed E-state index contributed by atoms with van der Waals surface area (Å²) in [5.74, 6) is -1.54. The van der Waals surface area contributed by atoms with Crippen LogP contribution in [0.25, 0.3) is 5.57 Å². The minimum Gasteiger partial charge on any atom is -0.503 e. The van der Waals surface area contributed by atoms with Gasteiger partial charge in [-0.3, -0.25) is 0 Å². The van der Waals surface area contributed by atoms with Crippen LogP contribution in [-0.2, 0) is 14.3 Å². The first-order chi connectivity index (χ1) is 13.5. The summed E-state index contributed by atoms with van der Waals surface area (Å²) in [5, 5.41) is 0. The first kappa shape index (κ1) is 22.4. The van der Waals surface area contributed by atoms with Crippen molar-refractivity contribution in [2.24, 2.45) is 5.41 Å². The van der Waals surface area contributed by atoms with Gasteiger partial charge in [-0.2, -0.15) is 26.3 Å². The molecule has 0 bridgehead atoms. The van der Waals surface area contributed by atoms with Crippen molar-refractivity contribution in [3.8, 4) is 5.75 Å². The number of halogens is 6. The van der Waals surface area contributed by atoms with Crippen molar-refractivity contribution in [2.75, 3.05) is 14.2 Å². The van der Waals surface area contributed by atoms with Gasteiger partial charge in [0.25, 0.3) is 0 Å². The predicted octanol–water partition coefficient (Wildman–Crippen LogP) is 5.18. The molecule has 0 N–H and O–H groups in total. The zero-order valence-electron chi connectivity index (χ0n) is 15.2. The van der Waals surface area contributed by atoms with Gasteiger partial charge in [-0.1, -0.05) is 30.4 Å². The molecule has 0 saturated carbocycles. The maximum Gasteiger partial charge on any atom is 0.407 e. The van der Waals surface area contributed by atoms with Gasteiger partial charge in [0.2, 0.25) is 0 Å². The Bertz CT molecular complexity index is 835. The van der Waals surface area contributed by atoms with Crippen LogP contribution in [0.3, 0.4) is 0 Å². The fourth-order valence-corrected chi connectivity index (χ4v) is 2.70. The fourth-order valence-electron chi connectivity index (χ4n) is 2.70. The second kappa shape index (κ2) is 8.22. The number of methoxy groups -OCH3 is 2. The van der Waals surface area contributed by atoms with Crippen molar-refractivity contribution < 1.29 is 45.3 Å². The van der Waals surface area contributed by atoms with Crippen LogP contribution in [0.15, 0.2) is 54.5 Å². The Labute approximate surface area is 162 Å². The van der Waals surface area contributed by atoms with E-state index >= 15 is 0 Å². The summed E-state index contributed by atoms with van der Waals surface area (Å²) in [4.78, 5) is 12.0. The molecule has 1 aliphatic carbocycles. The minimum atomic E-state index is -5.59. The Morgan fingerprint density at radius 3 is 2.24 bits per heavy atom. The van der Waals surface area contributed by atoms with E-state index in [0.717, 1.165) is 19.4 Å². The molecule has 1 aromatic carbocycles. The number of carbonyl (C=O) groups excluding carboxylic acids is 1. The minimum absolute atomic E-state index is 0.0659. The molecule has 0 unspecified atom stereocenters. The molecule has 4 nitrogen and oxygen atoms in total. The van der Waals surface area contributed by atoms with Gasteiger partial charge in [0, 0.05) is 12.0 Å². The number of carbonyl (C=O) groups is 1. The summed E-state index contributed by atoms with van der Waals surface area (Å²) in [7, 11) is 2.35. The Balaban J connectivity index is 2.44. The summed E-state index contributed by atoms with van der Waals surface area (Å²) >= 11 is 0. The van der Waals surface area contributed by atoms with Crippen LogP contribution < -0.4 is 4.74 Å². The molecule has 0 saturated heterocycles. The fraction of sp³-hybridized carbons (Fsp3) is 0.316. The lowest BCUT2D eigenvalue weighted by atomic mass is 9.79. The quantitative estimate of drug-likeness (QED) is 0.284. The van der Waals surface area contributed by atoms with E-state index in [1.165, 1.54) is 31.4 Å². The Morgan fingerprint density at radius 1 is 1.07 bits per heavy atom. The maximum absolute atomic E-state index is 13.3. The van der Waals surface area contributed by atoms with E-state index < -0.39 is 35.9 Å². The maximum atomic E-state index is 13.3. The second-order valence-electron chi connectivity index (χ2n) is 5.99. The molecule has 0 radical (unpaired) electrons. The average molecular weight is 422 g/mol. The Kier molecular flexibility index (Phi) is 6.34. The Hall–Kier alpha value is -2.91. The van der Waals surface area contributed by atoms with E-state index in [9.17, 15) is 31.1 Å². The third-order valence-corrected chi connectivity index (χ3v) is 4.19. The first-order valence-electron chi connectivity index (χ1n) is 8.07. The van der Waals surface area contributed by atoms with Gasteiger partial charge < -0.3 is 14.2 Å². The summed E-state index contributed by atoms with van der Waals surface area (Å²) < 4.78 is 94.7. The molecule has 1 aromatic rings. The highest BCUT2D eigenvalue weighted by molar-refractivity contribution is 6.17. The summed E-state index contributed by atoms with van der Waals surface area (Å²) in [6, 6.07) is 5.63. The standard InChI is InChI=1S/C19H16F6O4/c1-27-11-14(16(26)28-2)13-7-3-4-8-15(13)29-12-6-5-9-17(10-12,18(20,21)22)19(23,24)25/h3-9,11H,10H2,1-2H3. The topological polar surface area (TPSA) is 44.8 Å². The zero-order valence-corrected chi connectivity index (χ0v) is 15.2. The van der Waals surface area contributed by atoms with Gasteiger partial charge in [0.05, 0.1) is 20.5 Å². The first-order valence-corrected chi connectivity index (χ1v) is 8.07. The van der Waals surface area contributed by atoms with Crippen LogP contribution in [0.1, 0.15) is 12.0 Å². The smallest absolute Gasteiger partial charge is 0.407 e. The van der Waals surface area contributed by atoms with Crippen LogP contribution >= 0.6 is 0 Å². The van der Waals surface area contributed by atoms with E-state index in [2.05, 4.69) is 4.74 Å². The lowest BCUT2D eigenvalue weighted by molar-refractivity contribution is -0.322. The summed E-state index contributed by atoms with van der Waals surface area (Å²) in [6.45, 7) is 0. The van der Waals surface area contributed by atoms with Crippen molar-refractivity contribution >= 4 is 11.5 Å². The molecule has 10 heteroatoms. The molecule has 0 atom stereocenters. The predicted molar refractivity (Wildman–Crippen MR) is 90.5 cm³/mol. The van der Waals surface area contributed by atoms with Gasteiger partial charge >= 0.3 is 18.3 Å². The van der Waals surface area contributed by atoms with E-state index in [1.54, 1.807) is 0 Å². The average Bonchev–Trinajstić information content (AvgIpc) is 2.64. The third kappa shape index (κ3) is 4.41. The SMILES string of the molecule is COC=C(C(=O)OC)c1ccccc1OC1=CC=CC(C(F)(F)F)(C(F)(F)F)C1. The number of benzene rings is 1. The lowest BCUT2D eigenvalue weighted by Gasteiger charge is -2.36. The van der Waals surface area contributed by atoms with Crippen LogP contribution in [0.5, 0.6) is 5.75 Å². The van der Waals surface area contributed by atoms with Gasteiger partial charge in [-0.25, -0.2) is 4.79 Å². The number of allylic oxidation sites excluding steroid dienone is 4. The summed E-state index contributed by atoms with van der Waals surface area (Å²) in [5.41, 5.74) is -4.14. The molecular formula is C19H16F6O4. The molecular weight excluding hydrogens is 406 g/mol. The largest absolute Gasteiger partial charge is 0.503 e. The molecule has 0 aliphatic heterocycles. The highest BCUT2D eigenvalue weighted by Crippen LogP contribution is 2.56. The second-order valence-corrected chi connectivity index (χ2v) is 5.99. The molecule has 158 valence electrons. The highest BCUT2D eigenvalue weighted by Gasteiger charge is 2.69. The number of alkyl halides is 6. The highest BCUT2D eigenvalue weighted by atomic mass is 19.4. The van der Waals surface area contributed by atoms with Crippen molar-refractivity contribution in [1.29, 1.82) is 0 Å². The number of hydrogen-bond donors (Lipinski definition) is 0. The van der Waals surface area contributed by atoms with Crippen LogP contribution in [0, 0.1) is 5.41 Å². The monoisotopic (exact) mass is 422 g/mol. The molecule has 0 spiro atoms.